The third kappa shape index (κ3) is 5.66. The molecule has 0 saturated carbocycles. The summed E-state index contributed by atoms with van der Waals surface area (Å²) >= 11 is 0. The number of ether oxygens (including phenoxy) is 1. The molecule has 0 saturated heterocycles. The van der Waals surface area contributed by atoms with E-state index in [1.807, 2.05) is 36.4 Å². The zero-order valence-corrected chi connectivity index (χ0v) is 16.8. The van der Waals surface area contributed by atoms with Crippen LogP contribution in [0.2, 0.25) is 0 Å². The van der Waals surface area contributed by atoms with Gasteiger partial charge >= 0.3 is 5.69 Å². The van der Waals surface area contributed by atoms with Crippen LogP contribution in [0.1, 0.15) is 28.4 Å². The summed E-state index contributed by atoms with van der Waals surface area (Å²) in [7, 11) is 1.33. The maximum Gasteiger partial charge on any atom is 0.312 e. The molecule has 0 heterocycles. The molecule has 0 unspecified atom stereocenters. The van der Waals surface area contributed by atoms with Gasteiger partial charge in [0.05, 0.1) is 24.5 Å². The van der Waals surface area contributed by atoms with E-state index in [-0.39, 0.29) is 29.5 Å². The number of methoxy groups -OCH3 is 1. The first-order valence-electron chi connectivity index (χ1n) is 9.51. The molecule has 0 aliphatic heterocycles. The van der Waals surface area contributed by atoms with Crippen molar-refractivity contribution in [3.8, 4) is 5.75 Å². The number of anilines is 1. The number of carbonyl (C=O) groups is 2. The number of nitrogens with zero attached hydrogens (tertiary/aromatic N) is 1. The lowest BCUT2D eigenvalue weighted by molar-refractivity contribution is -0.385. The Kier molecular flexibility index (Phi) is 6.95. The molecule has 3 aromatic rings. The number of carbonyl (C=O) groups excluding carboxylic acids is 2. The van der Waals surface area contributed by atoms with Crippen molar-refractivity contribution in [2.24, 2.45) is 0 Å². The van der Waals surface area contributed by atoms with Crippen molar-refractivity contribution < 1.29 is 19.2 Å². The Labute approximate surface area is 179 Å². The van der Waals surface area contributed by atoms with Crippen LogP contribution in [-0.2, 0) is 4.79 Å². The van der Waals surface area contributed by atoms with Gasteiger partial charge in [0.25, 0.3) is 5.91 Å². The first kappa shape index (κ1) is 21.5. The molecular formula is C23H21N3O5. The van der Waals surface area contributed by atoms with Crippen molar-refractivity contribution in [3.63, 3.8) is 0 Å². The molecule has 0 spiro atoms. The normalized spacial score (nSPS) is 11.3. The summed E-state index contributed by atoms with van der Waals surface area (Å²) in [5.74, 6) is -0.607. The second-order valence-electron chi connectivity index (χ2n) is 6.70. The Hall–Kier alpha value is -4.20. The molecule has 8 nitrogen and oxygen atoms in total. The van der Waals surface area contributed by atoms with E-state index in [2.05, 4.69) is 10.6 Å². The van der Waals surface area contributed by atoms with Crippen molar-refractivity contribution in [3.05, 3.63) is 100 Å². The predicted molar refractivity (Wildman–Crippen MR) is 116 cm³/mol. The number of nitro benzene ring substituents is 1. The first-order valence-corrected chi connectivity index (χ1v) is 9.51. The topological polar surface area (TPSA) is 111 Å². The first-order chi connectivity index (χ1) is 15.0. The fourth-order valence-corrected chi connectivity index (χ4v) is 3.08. The molecule has 0 aromatic heterocycles. The molecule has 0 aliphatic rings. The highest BCUT2D eigenvalue weighted by Gasteiger charge is 2.21. The second kappa shape index (κ2) is 10.0. The van der Waals surface area contributed by atoms with Crippen LogP contribution >= 0.6 is 0 Å². The van der Waals surface area contributed by atoms with E-state index >= 15 is 0 Å². The summed E-state index contributed by atoms with van der Waals surface area (Å²) in [6.45, 7) is 0. The van der Waals surface area contributed by atoms with Crippen LogP contribution in [0.25, 0.3) is 0 Å². The van der Waals surface area contributed by atoms with E-state index in [0.717, 1.165) is 5.56 Å². The number of rotatable bonds is 8. The van der Waals surface area contributed by atoms with Gasteiger partial charge in [0.1, 0.15) is 0 Å². The van der Waals surface area contributed by atoms with Gasteiger partial charge in [0.2, 0.25) is 5.91 Å². The van der Waals surface area contributed by atoms with Crippen LogP contribution in [0, 0.1) is 10.1 Å². The summed E-state index contributed by atoms with van der Waals surface area (Å²) in [5.41, 5.74) is 1.26. The standard InChI is InChI=1S/C23H21N3O5/c1-31-21-13-12-18(14-20(21)26(29)30)24-22(27)15-19(16-8-4-2-5-9-16)25-23(28)17-10-6-3-7-11-17/h2-14,19H,15H2,1H3,(H,24,27)(H,25,28)/t19-/m1/s1. The van der Waals surface area contributed by atoms with Crippen LogP contribution in [0.3, 0.4) is 0 Å². The van der Waals surface area contributed by atoms with Crippen LogP contribution in [0.15, 0.2) is 78.9 Å². The fourth-order valence-electron chi connectivity index (χ4n) is 3.08. The highest BCUT2D eigenvalue weighted by atomic mass is 16.6. The Balaban J connectivity index is 1.76. The summed E-state index contributed by atoms with van der Waals surface area (Å²) in [5, 5.41) is 16.7. The maximum atomic E-state index is 12.7. The molecule has 0 aliphatic carbocycles. The smallest absolute Gasteiger partial charge is 0.312 e. The molecule has 0 radical (unpaired) electrons. The van der Waals surface area contributed by atoms with Crippen LogP contribution in [0.5, 0.6) is 5.75 Å². The molecule has 2 N–H and O–H groups in total. The lowest BCUT2D eigenvalue weighted by Gasteiger charge is -2.19. The van der Waals surface area contributed by atoms with Gasteiger partial charge in [-0.15, -0.1) is 0 Å². The Morgan fingerprint density at radius 1 is 1.00 bits per heavy atom. The summed E-state index contributed by atoms with van der Waals surface area (Å²) in [6, 6.07) is 21.4. The third-order valence-corrected chi connectivity index (χ3v) is 4.59. The highest BCUT2D eigenvalue weighted by Crippen LogP contribution is 2.30. The molecule has 3 rings (SSSR count). The lowest BCUT2D eigenvalue weighted by atomic mass is 10.0. The molecule has 0 bridgehead atoms. The van der Waals surface area contributed by atoms with E-state index in [0.29, 0.717) is 5.56 Å². The number of amides is 2. The Bertz CT molecular complexity index is 1070. The monoisotopic (exact) mass is 419 g/mol. The largest absolute Gasteiger partial charge is 0.490 e. The van der Waals surface area contributed by atoms with E-state index in [9.17, 15) is 19.7 Å². The molecule has 1 atom stereocenters. The molecular weight excluding hydrogens is 398 g/mol. The fraction of sp³-hybridized carbons (Fsp3) is 0.130. The van der Waals surface area contributed by atoms with Gasteiger partial charge in [0.15, 0.2) is 5.75 Å². The summed E-state index contributed by atoms with van der Waals surface area (Å²) in [6.07, 6.45) is -0.0532. The van der Waals surface area contributed by atoms with Gasteiger partial charge < -0.3 is 15.4 Å². The quantitative estimate of drug-likeness (QED) is 0.422. The number of nitro groups is 1. The highest BCUT2D eigenvalue weighted by molar-refractivity contribution is 5.96. The van der Waals surface area contributed by atoms with E-state index in [1.165, 1.54) is 25.3 Å². The van der Waals surface area contributed by atoms with Gasteiger partial charge in [-0.3, -0.25) is 19.7 Å². The minimum Gasteiger partial charge on any atom is -0.490 e. The van der Waals surface area contributed by atoms with E-state index < -0.39 is 16.9 Å². The zero-order chi connectivity index (χ0) is 22.2. The maximum absolute atomic E-state index is 12.7. The minimum absolute atomic E-state index is 0.0532. The van der Waals surface area contributed by atoms with Gasteiger partial charge in [0, 0.05) is 17.3 Å². The van der Waals surface area contributed by atoms with Crippen molar-refractivity contribution in [2.45, 2.75) is 12.5 Å². The number of hydrogen-bond donors (Lipinski definition) is 2. The van der Waals surface area contributed by atoms with Crippen molar-refractivity contribution in [2.75, 3.05) is 12.4 Å². The zero-order valence-electron chi connectivity index (χ0n) is 16.8. The van der Waals surface area contributed by atoms with Gasteiger partial charge in [-0.2, -0.15) is 0 Å². The second-order valence-corrected chi connectivity index (χ2v) is 6.70. The average molecular weight is 419 g/mol. The van der Waals surface area contributed by atoms with E-state index in [1.54, 1.807) is 24.3 Å². The molecule has 0 fully saturated rings. The summed E-state index contributed by atoms with van der Waals surface area (Å²) in [4.78, 5) is 35.9. The molecule has 158 valence electrons. The van der Waals surface area contributed by atoms with Gasteiger partial charge in [-0.25, -0.2) is 0 Å². The van der Waals surface area contributed by atoms with Crippen LogP contribution < -0.4 is 15.4 Å². The summed E-state index contributed by atoms with van der Waals surface area (Å²) < 4.78 is 4.97. The predicted octanol–water partition coefficient (Wildman–Crippen LogP) is 4.10. The van der Waals surface area contributed by atoms with Crippen LogP contribution in [-0.4, -0.2) is 23.8 Å². The molecule has 8 heteroatoms. The van der Waals surface area contributed by atoms with E-state index in [4.69, 9.17) is 4.74 Å². The lowest BCUT2D eigenvalue weighted by Crippen LogP contribution is -2.31. The Morgan fingerprint density at radius 2 is 1.65 bits per heavy atom. The minimum atomic E-state index is -0.582. The number of benzene rings is 3. The van der Waals surface area contributed by atoms with Gasteiger partial charge in [-0.05, 0) is 29.8 Å². The van der Waals surface area contributed by atoms with Crippen molar-refractivity contribution >= 4 is 23.2 Å². The Morgan fingerprint density at radius 3 is 2.26 bits per heavy atom. The number of hydrogen-bond acceptors (Lipinski definition) is 5. The van der Waals surface area contributed by atoms with Crippen molar-refractivity contribution in [1.29, 1.82) is 0 Å². The number of nitrogens with one attached hydrogen (secondary N) is 2. The molecule has 2 amide bonds. The SMILES string of the molecule is COc1ccc(NC(=O)C[C@@H](NC(=O)c2ccccc2)c2ccccc2)cc1[N+](=O)[O-]. The third-order valence-electron chi connectivity index (χ3n) is 4.59. The van der Waals surface area contributed by atoms with Crippen molar-refractivity contribution in [1.82, 2.24) is 5.32 Å². The molecule has 31 heavy (non-hydrogen) atoms. The van der Waals surface area contributed by atoms with Crippen LogP contribution in [0.4, 0.5) is 11.4 Å². The average Bonchev–Trinajstić information content (AvgIpc) is 2.79. The molecule has 3 aromatic carbocycles. The van der Waals surface area contributed by atoms with Gasteiger partial charge in [-0.1, -0.05) is 48.5 Å².